The molecule has 1 aliphatic rings. The largest absolute Gasteiger partial charge is 0.324 e. The quantitative estimate of drug-likeness (QED) is 0.720. The highest BCUT2D eigenvalue weighted by molar-refractivity contribution is 9.10. The maximum Gasteiger partial charge on any atom is 0.243 e. The first-order chi connectivity index (χ1) is 13.2. The van der Waals surface area contributed by atoms with Crippen molar-refractivity contribution in [3.05, 3.63) is 57.6 Å². The fourth-order valence-corrected chi connectivity index (χ4v) is 5.70. The van der Waals surface area contributed by atoms with Gasteiger partial charge in [0.05, 0.1) is 4.90 Å². The van der Waals surface area contributed by atoms with Crippen molar-refractivity contribution in [2.24, 2.45) is 0 Å². The number of aryl methyl sites for hydroxylation is 3. The molecule has 5 nitrogen and oxygen atoms in total. The molecule has 1 atom stereocenters. The van der Waals surface area contributed by atoms with E-state index in [1.807, 2.05) is 32.9 Å². The zero-order chi connectivity index (χ0) is 20.5. The Kier molecular flexibility index (Phi) is 6.27. The van der Waals surface area contributed by atoms with Gasteiger partial charge in [-0.15, -0.1) is 0 Å². The molecule has 0 aromatic heterocycles. The summed E-state index contributed by atoms with van der Waals surface area (Å²) in [5.74, 6) is -0.268. The molecule has 0 aliphatic carbocycles. The Morgan fingerprint density at radius 1 is 1.07 bits per heavy atom. The summed E-state index contributed by atoms with van der Waals surface area (Å²) in [6, 6.07) is 9.85. The average molecular weight is 465 g/mol. The lowest BCUT2D eigenvalue weighted by molar-refractivity contribution is -0.120. The van der Waals surface area contributed by atoms with Crippen molar-refractivity contribution in [2.75, 3.05) is 11.9 Å². The lowest BCUT2D eigenvalue weighted by atomic mass is 10.0. The molecule has 0 radical (unpaired) electrons. The van der Waals surface area contributed by atoms with Gasteiger partial charge in [-0.3, -0.25) is 4.79 Å². The smallest absolute Gasteiger partial charge is 0.243 e. The minimum absolute atomic E-state index is 0.207. The maximum atomic E-state index is 13.2. The molecule has 1 saturated heterocycles. The third-order valence-corrected chi connectivity index (χ3v) is 7.55. The Bertz CT molecular complexity index is 964. The van der Waals surface area contributed by atoms with Gasteiger partial charge in [-0.05, 0) is 69.0 Å². The minimum atomic E-state index is -3.74. The number of sulfonamides is 1. The molecule has 1 fully saturated rings. The molecule has 1 amide bonds. The molecule has 3 rings (SSSR count). The Labute approximate surface area is 175 Å². The van der Waals surface area contributed by atoms with E-state index >= 15 is 0 Å². The van der Waals surface area contributed by atoms with E-state index in [0.717, 1.165) is 39.7 Å². The molecular weight excluding hydrogens is 440 g/mol. The van der Waals surface area contributed by atoms with E-state index in [1.165, 1.54) is 4.31 Å². The van der Waals surface area contributed by atoms with Gasteiger partial charge in [-0.2, -0.15) is 4.31 Å². The summed E-state index contributed by atoms with van der Waals surface area (Å²) in [7, 11) is -3.74. The van der Waals surface area contributed by atoms with Crippen molar-refractivity contribution in [1.29, 1.82) is 0 Å². The van der Waals surface area contributed by atoms with Crippen LogP contribution in [0.3, 0.4) is 0 Å². The number of nitrogens with one attached hydrogen (secondary N) is 1. The second-order valence-corrected chi connectivity index (χ2v) is 10.2. The Hall–Kier alpha value is -1.70. The van der Waals surface area contributed by atoms with Crippen LogP contribution in [0.4, 0.5) is 5.69 Å². The molecule has 0 saturated carbocycles. The fraction of sp³-hybridized carbons (Fsp3) is 0.381. The van der Waals surface area contributed by atoms with Crippen LogP contribution in [-0.2, 0) is 14.8 Å². The van der Waals surface area contributed by atoms with Crippen LogP contribution in [0.1, 0.15) is 36.0 Å². The number of carbonyl (C=O) groups is 1. The molecule has 28 heavy (non-hydrogen) atoms. The maximum absolute atomic E-state index is 13.2. The summed E-state index contributed by atoms with van der Waals surface area (Å²) >= 11 is 3.33. The molecule has 0 bridgehead atoms. The molecule has 2 aromatic rings. The Morgan fingerprint density at radius 2 is 1.68 bits per heavy atom. The number of piperidine rings is 1. The number of anilines is 1. The average Bonchev–Trinajstić information content (AvgIpc) is 2.65. The van der Waals surface area contributed by atoms with Crippen molar-refractivity contribution in [2.45, 2.75) is 51.0 Å². The van der Waals surface area contributed by atoms with Gasteiger partial charge in [0.1, 0.15) is 6.04 Å². The first-order valence-electron chi connectivity index (χ1n) is 9.36. The highest BCUT2D eigenvalue weighted by atomic mass is 79.9. The predicted octanol–water partition coefficient (Wildman–Crippen LogP) is 4.56. The number of nitrogens with zero attached hydrogens (tertiary/aromatic N) is 1. The third-order valence-electron chi connectivity index (χ3n) is 5.10. The SMILES string of the molecule is Cc1cc(C)c(NC(=O)[C@H]2CCCCN2S(=O)(=O)c2ccc(Br)cc2)c(C)c1. The summed E-state index contributed by atoms with van der Waals surface area (Å²) in [5.41, 5.74) is 3.85. The predicted molar refractivity (Wildman–Crippen MR) is 115 cm³/mol. The van der Waals surface area contributed by atoms with Gasteiger partial charge in [-0.25, -0.2) is 8.42 Å². The zero-order valence-corrected chi connectivity index (χ0v) is 18.7. The molecule has 150 valence electrons. The first kappa shape index (κ1) is 21.0. The number of hydrogen-bond acceptors (Lipinski definition) is 3. The van der Waals surface area contributed by atoms with E-state index < -0.39 is 16.1 Å². The van der Waals surface area contributed by atoms with Crippen molar-refractivity contribution >= 4 is 37.5 Å². The Morgan fingerprint density at radius 3 is 2.29 bits per heavy atom. The van der Waals surface area contributed by atoms with E-state index in [-0.39, 0.29) is 10.8 Å². The number of halogens is 1. The zero-order valence-electron chi connectivity index (χ0n) is 16.3. The molecule has 1 heterocycles. The standard InChI is InChI=1S/C21H25BrN2O3S/c1-14-12-15(2)20(16(3)13-14)23-21(25)19-6-4-5-11-24(19)28(26,27)18-9-7-17(22)8-10-18/h7-10,12-13,19H,4-6,11H2,1-3H3,(H,23,25)/t19-/m1/s1. The van der Waals surface area contributed by atoms with E-state index in [4.69, 9.17) is 0 Å². The molecule has 7 heteroatoms. The fourth-order valence-electron chi connectivity index (χ4n) is 3.78. The minimum Gasteiger partial charge on any atom is -0.324 e. The summed E-state index contributed by atoms with van der Waals surface area (Å²) < 4.78 is 28.5. The lowest BCUT2D eigenvalue weighted by Crippen LogP contribution is -2.49. The van der Waals surface area contributed by atoms with Crippen molar-refractivity contribution in [1.82, 2.24) is 4.31 Å². The van der Waals surface area contributed by atoms with Gasteiger partial charge < -0.3 is 5.32 Å². The number of benzene rings is 2. The van der Waals surface area contributed by atoms with Crippen LogP contribution >= 0.6 is 15.9 Å². The van der Waals surface area contributed by atoms with Gasteiger partial charge >= 0.3 is 0 Å². The first-order valence-corrected chi connectivity index (χ1v) is 11.6. The van der Waals surface area contributed by atoms with Crippen molar-refractivity contribution in [3.8, 4) is 0 Å². The monoisotopic (exact) mass is 464 g/mol. The highest BCUT2D eigenvalue weighted by Gasteiger charge is 2.37. The number of hydrogen-bond donors (Lipinski definition) is 1. The second-order valence-electron chi connectivity index (χ2n) is 7.34. The van der Waals surface area contributed by atoms with Crippen molar-refractivity contribution < 1.29 is 13.2 Å². The van der Waals surface area contributed by atoms with E-state index in [0.29, 0.717) is 13.0 Å². The van der Waals surface area contributed by atoms with Crippen LogP contribution in [-0.4, -0.2) is 31.2 Å². The van der Waals surface area contributed by atoms with Crippen molar-refractivity contribution in [3.63, 3.8) is 0 Å². The topological polar surface area (TPSA) is 66.5 Å². The number of carbonyl (C=O) groups excluding carboxylic acids is 1. The van der Waals surface area contributed by atoms with E-state index in [2.05, 4.69) is 21.2 Å². The van der Waals surface area contributed by atoms with Gasteiger partial charge in [-0.1, -0.05) is 40.0 Å². The Balaban J connectivity index is 1.89. The van der Waals surface area contributed by atoms with E-state index in [1.54, 1.807) is 24.3 Å². The van der Waals surface area contributed by atoms with Crippen LogP contribution in [0.25, 0.3) is 0 Å². The molecule has 0 spiro atoms. The number of amides is 1. The summed E-state index contributed by atoms with van der Waals surface area (Å²) in [4.78, 5) is 13.3. The van der Waals surface area contributed by atoms with Crippen LogP contribution in [0.15, 0.2) is 45.8 Å². The molecule has 1 aliphatic heterocycles. The van der Waals surface area contributed by atoms with Crippen LogP contribution in [0, 0.1) is 20.8 Å². The highest BCUT2D eigenvalue weighted by Crippen LogP contribution is 2.28. The molecule has 1 N–H and O–H groups in total. The van der Waals surface area contributed by atoms with Crippen LogP contribution in [0.5, 0.6) is 0 Å². The normalized spacial score (nSPS) is 18.1. The second kappa shape index (κ2) is 8.35. The molecule has 2 aromatic carbocycles. The molecular formula is C21H25BrN2O3S. The van der Waals surface area contributed by atoms with Gasteiger partial charge in [0.25, 0.3) is 0 Å². The summed E-state index contributed by atoms with van der Waals surface area (Å²) in [6.07, 6.45) is 2.10. The van der Waals surface area contributed by atoms with Gasteiger partial charge in [0.2, 0.25) is 15.9 Å². The third kappa shape index (κ3) is 4.31. The van der Waals surface area contributed by atoms with Crippen LogP contribution < -0.4 is 5.32 Å². The van der Waals surface area contributed by atoms with Gasteiger partial charge in [0, 0.05) is 16.7 Å². The lowest BCUT2D eigenvalue weighted by Gasteiger charge is -2.34. The number of rotatable bonds is 4. The molecule has 0 unspecified atom stereocenters. The van der Waals surface area contributed by atoms with E-state index in [9.17, 15) is 13.2 Å². The van der Waals surface area contributed by atoms with Crippen LogP contribution in [0.2, 0.25) is 0 Å². The summed E-state index contributed by atoms with van der Waals surface area (Å²) in [5, 5.41) is 2.99. The van der Waals surface area contributed by atoms with Gasteiger partial charge in [0.15, 0.2) is 0 Å². The summed E-state index contributed by atoms with van der Waals surface area (Å²) in [6.45, 7) is 6.27.